The molecule has 2 aromatic rings. The predicted molar refractivity (Wildman–Crippen MR) is 121 cm³/mol. The molecule has 2 aliphatic heterocycles. The van der Waals surface area contributed by atoms with Crippen molar-refractivity contribution >= 4 is 35.0 Å². The van der Waals surface area contributed by atoms with Crippen molar-refractivity contribution in [1.29, 1.82) is 0 Å². The Balaban J connectivity index is 1.37. The van der Waals surface area contributed by atoms with E-state index in [4.69, 9.17) is 0 Å². The molecule has 0 bridgehead atoms. The molecule has 0 aromatic heterocycles. The van der Waals surface area contributed by atoms with Crippen LogP contribution in [-0.2, 0) is 9.59 Å². The molecule has 1 unspecified atom stereocenters. The highest BCUT2D eigenvalue weighted by Gasteiger charge is 2.31. The Morgan fingerprint density at radius 1 is 1.03 bits per heavy atom. The van der Waals surface area contributed by atoms with Gasteiger partial charge in [-0.15, -0.1) is 0 Å². The van der Waals surface area contributed by atoms with Crippen LogP contribution in [0.2, 0.25) is 0 Å². The molecule has 30 heavy (non-hydrogen) atoms. The minimum Gasteiger partial charge on any atom is -0.354 e. The molecule has 1 fully saturated rings. The summed E-state index contributed by atoms with van der Waals surface area (Å²) >= 11 is 1.81. The largest absolute Gasteiger partial charge is 0.354 e. The van der Waals surface area contributed by atoms with Crippen molar-refractivity contribution < 1.29 is 9.59 Å². The summed E-state index contributed by atoms with van der Waals surface area (Å²) in [6.45, 7) is 4.00. The SMILES string of the molecule is CCC(=O)N1CCCCC1C(=O)NCCCN1c2ccccc2Sc2ccccc21. The van der Waals surface area contributed by atoms with Gasteiger partial charge in [-0.25, -0.2) is 0 Å². The lowest BCUT2D eigenvalue weighted by molar-refractivity contribution is -0.142. The number of amides is 2. The second-order valence-electron chi connectivity index (χ2n) is 7.79. The fourth-order valence-corrected chi connectivity index (χ4v) is 5.39. The monoisotopic (exact) mass is 423 g/mol. The summed E-state index contributed by atoms with van der Waals surface area (Å²) in [5.74, 6) is 0.0698. The first kappa shape index (κ1) is 20.8. The molecular weight excluding hydrogens is 394 g/mol. The number of fused-ring (bicyclic) bond motifs is 2. The number of para-hydroxylation sites is 2. The number of anilines is 2. The van der Waals surface area contributed by atoms with Gasteiger partial charge in [-0.1, -0.05) is 43.0 Å². The van der Waals surface area contributed by atoms with Crippen LogP contribution in [0.5, 0.6) is 0 Å². The van der Waals surface area contributed by atoms with Crippen LogP contribution in [0.15, 0.2) is 58.3 Å². The van der Waals surface area contributed by atoms with E-state index >= 15 is 0 Å². The minimum absolute atomic E-state index is 0.00787. The summed E-state index contributed by atoms with van der Waals surface area (Å²) in [6.07, 6.45) is 4.05. The highest BCUT2D eigenvalue weighted by atomic mass is 32.2. The lowest BCUT2D eigenvalue weighted by atomic mass is 10.0. The molecule has 5 nitrogen and oxygen atoms in total. The third kappa shape index (κ3) is 4.33. The molecule has 2 heterocycles. The zero-order valence-electron chi connectivity index (χ0n) is 17.5. The van der Waals surface area contributed by atoms with Crippen molar-refractivity contribution in [3.63, 3.8) is 0 Å². The number of nitrogens with zero attached hydrogens (tertiary/aromatic N) is 2. The maximum Gasteiger partial charge on any atom is 0.242 e. The van der Waals surface area contributed by atoms with Gasteiger partial charge in [0.2, 0.25) is 11.8 Å². The van der Waals surface area contributed by atoms with E-state index in [1.165, 1.54) is 21.2 Å². The van der Waals surface area contributed by atoms with E-state index in [9.17, 15) is 9.59 Å². The van der Waals surface area contributed by atoms with E-state index in [1.807, 2.05) is 6.92 Å². The highest BCUT2D eigenvalue weighted by molar-refractivity contribution is 7.99. The summed E-state index contributed by atoms with van der Waals surface area (Å²) in [4.78, 5) is 31.6. The summed E-state index contributed by atoms with van der Waals surface area (Å²) in [5, 5.41) is 3.08. The smallest absolute Gasteiger partial charge is 0.242 e. The minimum atomic E-state index is -0.306. The predicted octanol–water partition coefficient (Wildman–Crippen LogP) is 4.59. The molecule has 2 aromatic carbocycles. The number of hydrogen-bond acceptors (Lipinski definition) is 4. The number of benzene rings is 2. The molecule has 0 saturated carbocycles. The normalized spacial score (nSPS) is 17.8. The molecule has 6 heteroatoms. The Morgan fingerprint density at radius 2 is 1.70 bits per heavy atom. The number of nitrogens with one attached hydrogen (secondary N) is 1. The maximum atomic E-state index is 12.8. The standard InChI is InChI=1S/C24H29N3O2S/c1-2-23(28)27-16-8-7-12-20(27)24(29)25-15-9-17-26-18-10-3-5-13-21(18)30-22-14-6-4-11-19(22)26/h3-6,10-11,13-14,20H,2,7-9,12,15-17H2,1H3,(H,25,29). The third-order valence-electron chi connectivity index (χ3n) is 5.82. The van der Waals surface area contributed by atoms with Gasteiger partial charge >= 0.3 is 0 Å². The Bertz CT molecular complexity index is 871. The molecule has 0 aliphatic carbocycles. The fourth-order valence-electron chi connectivity index (χ4n) is 4.29. The first-order valence-corrected chi connectivity index (χ1v) is 11.7. The molecule has 0 spiro atoms. The van der Waals surface area contributed by atoms with Crippen LogP contribution < -0.4 is 10.2 Å². The topological polar surface area (TPSA) is 52.7 Å². The van der Waals surface area contributed by atoms with E-state index in [0.29, 0.717) is 19.5 Å². The quantitative estimate of drug-likeness (QED) is 0.691. The van der Waals surface area contributed by atoms with Crippen LogP contribution in [0.3, 0.4) is 0 Å². The summed E-state index contributed by atoms with van der Waals surface area (Å²) in [5.41, 5.74) is 2.44. The number of rotatable bonds is 6. The van der Waals surface area contributed by atoms with Crippen molar-refractivity contribution in [1.82, 2.24) is 10.2 Å². The third-order valence-corrected chi connectivity index (χ3v) is 6.95. The van der Waals surface area contributed by atoms with Crippen molar-refractivity contribution in [2.75, 3.05) is 24.5 Å². The van der Waals surface area contributed by atoms with E-state index in [0.717, 1.165) is 32.2 Å². The fraction of sp³-hybridized carbons (Fsp3) is 0.417. The van der Waals surface area contributed by atoms with Gasteiger partial charge < -0.3 is 15.1 Å². The Morgan fingerprint density at radius 3 is 2.37 bits per heavy atom. The summed E-state index contributed by atoms with van der Waals surface area (Å²) in [6, 6.07) is 16.6. The second kappa shape index (κ2) is 9.56. The molecule has 1 saturated heterocycles. The summed E-state index contributed by atoms with van der Waals surface area (Å²) < 4.78 is 0. The van der Waals surface area contributed by atoms with E-state index in [2.05, 4.69) is 58.7 Å². The van der Waals surface area contributed by atoms with Gasteiger partial charge in [0.05, 0.1) is 11.4 Å². The number of carbonyl (C=O) groups excluding carboxylic acids is 2. The lowest BCUT2D eigenvalue weighted by Crippen LogP contribution is -2.52. The zero-order valence-corrected chi connectivity index (χ0v) is 18.3. The molecule has 2 amide bonds. The van der Waals surface area contributed by atoms with Crippen LogP contribution in [0.1, 0.15) is 39.0 Å². The van der Waals surface area contributed by atoms with E-state index in [1.54, 1.807) is 16.7 Å². The van der Waals surface area contributed by atoms with Crippen LogP contribution in [0, 0.1) is 0 Å². The first-order chi connectivity index (χ1) is 14.7. The van der Waals surface area contributed by atoms with Gasteiger partial charge in [-0.2, -0.15) is 0 Å². The van der Waals surface area contributed by atoms with E-state index < -0.39 is 0 Å². The Hall–Kier alpha value is -2.47. The van der Waals surface area contributed by atoms with E-state index in [-0.39, 0.29) is 17.9 Å². The average Bonchev–Trinajstić information content (AvgIpc) is 2.80. The van der Waals surface area contributed by atoms with Crippen LogP contribution >= 0.6 is 11.8 Å². The molecule has 4 rings (SSSR count). The van der Waals surface area contributed by atoms with Gasteiger partial charge in [-0.3, -0.25) is 9.59 Å². The van der Waals surface area contributed by atoms with Crippen LogP contribution in [-0.4, -0.2) is 42.4 Å². The molecule has 2 aliphatic rings. The van der Waals surface area contributed by atoms with Crippen molar-refractivity contribution in [3.05, 3.63) is 48.5 Å². The Kier molecular flexibility index (Phi) is 6.62. The van der Waals surface area contributed by atoms with Gasteiger partial charge in [-0.05, 0) is 49.9 Å². The molecule has 158 valence electrons. The molecule has 1 atom stereocenters. The number of likely N-dealkylation sites (tertiary alicyclic amines) is 1. The zero-order chi connectivity index (χ0) is 20.9. The molecule has 0 radical (unpaired) electrons. The van der Waals surface area contributed by atoms with Gasteiger partial charge in [0.15, 0.2) is 0 Å². The van der Waals surface area contributed by atoms with Crippen molar-refractivity contribution in [3.8, 4) is 0 Å². The van der Waals surface area contributed by atoms with Crippen LogP contribution in [0.4, 0.5) is 11.4 Å². The van der Waals surface area contributed by atoms with Crippen molar-refractivity contribution in [2.24, 2.45) is 0 Å². The highest BCUT2D eigenvalue weighted by Crippen LogP contribution is 2.47. The first-order valence-electron chi connectivity index (χ1n) is 10.9. The van der Waals surface area contributed by atoms with Gasteiger partial charge in [0, 0.05) is 35.8 Å². The van der Waals surface area contributed by atoms with Gasteiger partial charge in [0.25, 0.3) is 0 Å². The maximum absolute atomic E-state index is 12.8. The van der Waals surface area contributed by atoms with Crippen LogP contribution in [0.25, 0.3) is 0 Å². The summed E-state index contributed by atoms with van der Waals surface area (Å²) in [7, 11) is 0. The van der Waals surface area contributed by atoms with Gasteiger partial charge in [0.1, 0.15) is 6.04 Å². The number of piperidine rings is 1. The Labute approximate surface area is 182 Å². The second-order valence-corrected chi connectivity index (χ2v) is 8.87. The molecular formula is C24H29N3O2S. The van der Waals surface area contributed by atoms with Crippen molar-refractivity contribution in [2.45, 2.75) is 54.9 Å². The number of carbonyl (C=O) groups is 2. The lowest BCUT2D eigenvalue weighted by Gasteiger charge is -2.35. The average molecular weight is 424 g/mol. The molecule has 1 N–H and O–H groups in total. The number of hydrogen-bond donors (Lipinski definition) is 1.